The molecule has 10 heterocycles. The number of Topliss-reactive ketones (excluding diaryl/α,β-unsaturated/α-hetero) is 1. The van der Waals surface area contributed by atoms with Crippen LogP contribution < -0.4 is 31.1 Å². The molecule has 0 amide bonds. The summed E-state index contributed by atoms with van der Waals surface area (Å²) in [4.78, 5) is 87.1. The summed E-state index contributed by atoms with van der Waals surface area (Å²) in [6.45, 7) is 16.1. The van der Waals surface area contributed by atoms with Gasteiger partial charge in [-0.1, -0.05) is 205 Å². The van der Waals surface area contributed by atoms with Crippen LogP contribution in [0.15, 0.2) is 275 Å². The van der Waals surface area contributed by atoms with E-state index in [-0.39, 0.29) is 22.9 Å². The molecule has 13 aromatic rings. The Morgan fingerprint density at radius 2 is 0.729 bits per heavy atom. The van der Waals surface area contributed by atoms with E-state index in [2.05, 4.69) is 184 Å². The Hall–Kier alpha value is -10.2. The van der Waals surface area contributed by atoms with Gasteiger partial charge in [-0.15, -0.1) is 0 Å². The van der Waals surface area contributed by atoms with Crippen molar-refractivity contribution >= 4 is 116 Å². The van der Waals surface area contributed by atoms with Crippen LogP contribution in [0, 0.1) is 3.57 Å². The van der Waals surface area contributed by atoms with Crippen molar-refractivity contribution in [1.82, 2.24) is 79.4 Å². The predicted octanol–water partition coefficient (Wildman–Crippen LogP) is 15.7. The van der Waals surface area contributed by atoms with Crippen molar-refractivity contribution < 1.29 is 4.79 Å². The standard InChI is InChI=1S/C24H27N5OS.C21H23N5S.C15H17IN4.C15H18N4.C10H7ClN2.C4H2Cl2N2/c1-28-10-12-29(13-11-28)24-26-17-22(23(27-24)19-7-3-2-4-8-19)31-21-9-5-6-18(15-21)14-20(30)16-25;1-25-10-12-26(13-11-25)21-23-15-19(27-18-9-5-8-17(22)14-18)20(24-21)16-6-3-2-4-7-16;1-19-7-9-20(10-8-19)15-17-11-13(16)14(18-15)12-5-3-2-4-6-12;1-18-9-11-19(12-10-18)15-16-8-7-14(17-15)13-5-3-2-4-6-13;11-10-12-7-6-9(13-10)8-4-2-1-3-5-8;5-3-1-2-7-4(6)8-3/h2-9,15,17H,10-14,16,25H2,1H3;2-9,14-15H,10-13,22H2,1H3;2-6,11H,7-10H2,1H3;2-8H,9-12H2,1H3;1-7H;1-2H. The lowest BCUT2D eigenvalue weighted by atomic mass is 10.1. The van der Waals surface area contributed by atoms with E-state index in [0.717, 1.165) is 219 Å². The Bertz CT molecular complexity index is 5260. The van der Waals surface area contributed by atoms with E-state index in [1.807, 2.05) is 183 Å². The number of hydrogen-bond donors (Lipinski definition) is 2. The van der Waals surface area contributed by atoms with Gasteiger partial charge in [0, 0.05) is 192 Å². The summed E-state index contributed by atoms with van der Waals surface area (Å²) >= 11 is 22.0. The lowest BCUT2D eigenvalue weighted by Crippen LogP contribution is -2.45. The number of nitrogens with zero attached hydrogens (tertiary/aromatic N) is 20. The van der Waals surface area contributed by atoms with Crippen LogP contribution in [-0.4, -0.2) is 225 Å². The molecule has 0 radical (unpaired) electrons. The maximum atomic E-state index is 11.7. The molecule has 23 nitrogen and oxygen atoms in total. The molecule has 4 N–H and O–H groups in total. The Kier molecular flexibility index (Phi) is 33.3. The molecule has 118 heavy (non-hydrogen) atoms. The average molecular weight is 1790 g/mol. The second-order valence-electron chi connectivity index (χ2n) is 28.1. The third-order valence-corrected chi connectivity index (χ3v) is 22.7. The minimum Gasteiger partial charge on any atom is -0.399 e. The first kappa shape index (κ1) is 87.1. The van der Waals surface area contributed by atoms with Crippen LogP contribution in [0.5, 0.6) is 0 Å². The van der Waals surface area contributed by atoms with E-state index in [1.54, 1.807) is 35.8 Å². The van der Waals surface area contributed by atoms with Crippen molar-refractivity contribution in [2.24, 2.45) is 5.73 Å². The Labute approximate surface area is 727 Å². The highest BCUT2D eigenvalue weighted by atomic mass is 127. The minimum atomic E-state index is 0.0342. The van der Waals surface area contributed by atoms with Gasteiger partial charge in [-0.05, 0) is 128 Å². The molecule has 0 atom stereocenters. The fourth-order valence-electron chi connectivity index (χ4n) is 12.7. The lowest BCUT2D eigenvalue weighted by Gasteiger charge is -2.32. The van der Waals surface area contributed by atoms with Gasteiger partial charge in [0.15, 0.2) is 5.78 Å². The zero-order chi connectivity index (χ0) is 82.4. The molecule has 7 aromatic carbocycles. The topological polar surface area (TPSA) is 250 Å². The number of benzene rings is 7. The van der Waals surface area contributed by atoms with Crippen LogP contribution in [0.25, 0.3) is 56.3 Å². The Morgan fingerprint density at radius 1 is 0.373 bits per heavy atom. The van der Waals surface area contributed by atoms with Crippen molar-refractivity contribution in [3.05, 3.63) is 280 Å². The molecule has 0 unspecified atom stereocenters. The van der Waals surface area contributed by atoms with E-state index < -0.39 is 0 Å². The predicted molar refractivity (Wildman–Crippen MR) is 489 cm³/mol. The lowest BCUT2D eigenvalue weighted by molar-refractivity contribution is -0.117. The molecule has 6 aromatic heterocycles. The molecule has 4 fully saturated rings. The summed E-state index contributed by atoms with van der Waals surface area (Å²) in [6, 6.07) is 72.2. The fraction of sp³-hybridized carbons (Fsp3) is 0.247. The average Bonchev–Trinajstić information content (AvgIpc) is 0.815. The van der Waals surface area contributed by atoms with Gasteiger partial charge in [-0.25, -0.2) is 59.8 Å². The van der Waals surface area contributed by atoms with E-state index in [4.69, 9.17) is 66.2 Å². The van der Waals surface area contributed by atoms with Gasteiger partial charge in [-0.2, -0.15) is 0 Å². The Balaban J connectivity index is 0.000000135. The number of carbonyl (C=O) groups excluding carboxylic acids is 1. The van der Waals surface area contributed by atoms with E-state index in [1.165, 1.54) is 6.20 Å². The van der Waals surface area contributed by atoms with Crippen LogP contribution in [0.4, 0.5) is 29.5 Å². The molecular weight excluding hydrogens is 1690 g/mol. The van der Waals surface area contributed by atoms with Crippen molar-refractivity contribution in [3.8, 4) is 56.3 Å². The van der Waals surface area contributed by atoms with Crippen molar-refractivity contribution in [2.75, 3.05) is 165 Å². The number of piperazine rings is 4. The normalized spacial score (nSPS) is 14.4. The van der Waals surface area contributed by atoms with E-state index in [9.17, 15) is 4.79 Å². The highest BCUT2D eigenvalue weighted by molar-refractivity contribution is 14.1. The smallest absolute Gasteiger partial charge is 0.226 e. The first-order valence-corrected chi connectivity index (χ1v) is 42.6. The molecule has 0 saturated carbocycles. The molecule has 4 aliphatic heterocycles. The van der Waals surface area contributed by atoms with Gasteiger partial charge in [0.05, 0.1) is 48.4 Å². The van der Waals surface area contributed by atoms with Gasteiger partial charge in [0.25, 0.3) is 0 Å². The Morgan fingerprint density at radius 3 is 1.13 bits per heavy atom. The number of rotatable bonds is 16. The number of nitrogens with two attached hydrogens (primary N) is 2. The molecule has 0 spiro atoms. The third-order valence-electron chi connectivity index (χ3n) is 19.3. The van der Waals surface area contributed by atoms with E-state index in [0.29, 0.717) is 11.6 Å². The molecule has 0 bridgehead atoms. The summed E-state index contributed by atoms with van der Waals surface area (Å²) in [7, 11) is 8.60. The number of ketones is 1. The SMILES string of the molecule is CN1CCN(c2ncc(I)c(-c3ccccc3)n2)CC1.CN1CCN(c2ncc(Sc3cccc(CC(=O)CN)c3)c(-c3ccccc3)n2)CC1.CN1CCN(c2ncc(Sc3cccc(N)c3)c(-c3ccccc3)n2)CC1.CN1CCN(c2nccc(-c3ccccc3)n2)CC1.Clc1ccnc(Cl)n1.Clc1nccc(-c2ccccc2)n1. The number of likely N-dealkylation sites (N-methyl/N-ethyl adjacent to an activating group) is 4. The summed E-state index contributed by atoms with van der Waals surface area (Å²) in [5.74, 6) is 3.30. The van der Waals surface area contributed by atoms with Crippen LogP contribution in [0.2, 0.25) is 15.7 Å². The zero-order valence-corrected chi connectivity index (χ0v) is 72.4. The maximum absolute atomic E-state index is 11.7. The molecule has 29 heteroatoms. The number of hydrogen-bond acceptors (Lipinski definition) is 25. The fourth-order valence-corrected chi connectivity index (χ4v) is 15.6. The van der Waals surface area contributed by atoms with Crippen molar-refractivity contribution in [1.29, 1.82) is 0 Å². The number of carbonyl (C=O) groups is 1. The maximum Gasteiger partial charge on any atom is 0.226 e. The monoisotopic (exact) mass is 1780 g/mol. The highest BCUT2D eigenvalue weighted by Gasteiger charge is 2.24. The first-order chi connectivity index (χ1) is 57.5. The van der Waals surface area contributed by atoms with Crippen molar-refractivity contribution in [3.63, 3.8) is 0 Å². The molecule has 0 aliphatic carbocycles. The number of halogens is 4. The second kappa shape index (κ2) is 45.1. The number of anilines is 5. The third kappa shape index (κ3) is 26.6. The zero-order valence-electron chi connectivity index (χ0n) is 66.3. The van der Waals surface area contributed by atoms with Gasteiger partial charge < -0.3 is 50.7 Å². The molecule has 4 aliphatic rings. The highest BCUT2D eigenvalue weighted by Crippen LogP contribution is 2.38. The summed E-state index contributed by atoms with van der Waals surface area (Å²) in [5.41, 5.74) is 23.4. The first-order valence-electron chi connectivity index (χ1n) is 38.8. The van der Waals surface area contributed by atoms with Gasteiger partial charge >= 0.3 is 0 Å². The van der Waals surface area contributed by atoms with Crippen LogP contribution in [0.1, 0.15) is 5.56 Å². The largest absolute Gasteiger partial charge is 0.399 e. The summed E-state index contributed by atoms with van der Waals surface area (Å²) < 4.78 is 1.09. The number of nitrogen functional groups attached to an aromatic ring is 1. The minimum absolute atomic E-state index is 0.0342. The number of aromatic nitrogens is 12. The van der Waals surface area contributed by atoms with Gasteiger partial charge in [0.2, 0.25) is 34.4 Å². The van der Waals surface area contributed by atoms with Gasteiger partial charge in [0.1, 0.15) is 5.15 Å². The van der Waals surface area contributed by atoms with Crippen LogP contribution >= 0.6 is 80.9 Å². The summed E-state index contributed by atoms with van der Waals surface area (Å²) in [6.07, 6.45) is 11.1. The molecule has 17 rings (SSSR count). The summed E-state index contributed by atoms with van der Waals surface area (Å²) in [5, 5.41) is 0.823. The van der Waals surface area contributed by atoms with Crippen LogP contribution in [0.3, 0.4) is 0 Å². The molecular formula is C89H94Cl3IN22OS2. The van der Waals surface area contributed by atoms with Gasteiger partial charge in [-0.3, -0.25) is 4.79 Å². The van der Waals surface area contributed by atoms with Crippen molar-refractivity contribution in [2.45, 2.75) is 26.0 Å². The van der Waals surface area contributed by atoms with E-state index >= 15 is 0 Å². The second-order valence-corrected chi connectivity index (χ2v) is 32.5. The van der Waals surface area contributed by atoms with Crippen LogP contribution in [-0.2, 0) is 11.2 Å². The molecule has 4 saturated heterocycles. The quantitative estimate of drug-likeness (QED) is 0.0395. The molecule has 606 valence electrons.